The average molecular weight is 160 g/mol. The minimum absolute atomic E-state index is 0.00255. The second kappa shape index (κ2) is 3.52. The van der Waals surface area contributed by atoms with Crippen LogP contribution in [0.25, 0.3) is 0 Å². The molecule has 4 atom stereocenters. The van der Waals surface area contributed by atoms with Crippen molar-refractivity contribution in [3.63, 3.8) is 0 Å². The molecule has 0 aromatic heterocycles. The minimum Gasteiger partial charge on any atom is -0.394 e. The summed E-state index contributed by atoms with van der Waals surface area (Å²) in [5.41, 5.74) is 0. The molecule has 1 fully saturated rings. The average Bonchev–Trinajstić information content (AvgIpc) is 1.96. The molecule has 0 spiro atoms. The molecule has 0 bridgehead atoms. The molecule has 1 unspecified atom stereocenters. The number of aliphatic hydroxyl groups excluding tert-OH is 2. The number of ether oxygens (including phenoxy) is 1. The Hall–Kier alpha value is -0.120. The minimum atomic E-state index is -0.682. The van der Waals surface area contributed by atoms with Gasteiger partial charge in [0.05, 0.1) is 12.7 Å². The number of hydrogen-bond donors (Lipinski definition) is 2. The lowest BCUT2D eigenvalue weighted by atomic mass is 9.86. The maximum atomic E-state index is 9.17. The van der Waals surface area contributed by atoms with Gasteiger partial charge in [0.1, 0.15) is 0 Å². The van der Waals surface area contributed by atoms with Gasteiger partial charge in [0.2, 0.25) is 0 Å². The molecule has 2 N–H and O–H groups in total. The van der Waals surface area contributed by atoms with Crippen LogP contribution in [0.15, 0.2) is 0 Å². The molecule has 66 valence electrons. The smallest absolute Gasteiger partial charge is 0.155 e. The van der Waals surface area contributed by atoms with Crippen LogP contribution in [0, 0.1) is 11.8 Å². The highest BCUT2D eigenvalue weighted by Crippen LogP contribution is 2.28. The highest BCUT2D eigenvalue weighted by molar-refractivity contribution is 4.76. The summed E-state index contributed by atoms with van der Waals surface area (Å²) in [5.74, 6) is 0.763. The normalized spacial score (nSPS) is 45.8. The molecule has 0 amide bonds. The van der Waals surface area contributed by atoms with Crippen LogP contribution in [0.1, 0.15) is 20.3 Å². The first-order chi connectivity index (χ1) is 5.15. The maximum absolute atomic E-state index is 9.17. The molecular formula is C8H16O3. The molecule has 0 aromatic carbocycles. The van der Waals surface area contributed by atoms with E-state index in [0.717, 1.165) is 0 Å². The van der Waals surface area contributed by atoms with Crippen molar-refractivity contribution in [3.8, 4) is 0 Å². The summed E-state index contributed by atoms with van der Waals surface area (Å²) >= 11 is 0. The van der Waals surface area contributed by atoms with Gasteiger partial charge >= 0.3 is 0 Å². The fourth-order valence-electron chi connectivity index (χ4n) is 1.49. The van der Waals surface area contributed by atoms with Gasteiger partial charge in [-0.2, -0.15) is 0 Å². The summed E-state index contributed by atoms with van der Waals surface area (Å²) in [6.07, 6.45) is -0.190. The van der Waals surface area contributed by atoms with E-state index in [1.54, 1.807) is 0 Å². The first-order valence-electron chi connectivity index (χ1n) is 4.09. The van der Waals surface area contributed by atoms with Gasteiger partial charge in [-0.3, -0.25) is 0 Å². The van der Waals surface area contributed by atoms with Gasteiger partial charge in [-0.15, -0.1) is 0 Å². The van der Waals surface area contributed by atoms with Crippen LogP contribution in [0.4, 0.5) is 0 Å². The monoisotopic (exact) mass is 160 g/mol. The Kier molecular flexibility index (Phi) is 2.87. The van der Waals surface area contributed by atoms with Crippen LogP contribution in [-0.4, -0.2) is 29.2 Å². The van der Waals surface area contributed by atoms with Crippen LogP contribution in [0.5, 0.6) is 0 Å². The largest absolute Gasteiger partial charge is 0.394 e. The molecule has 1 heterocycles. The van der Waals surface area contributed by atoms with Crippen LogP contribution in [0.2, 0.25) is 0 Å². The fraction of sp³-hybridized carbons (Fsp3) is 1.00. The van der Waals surface area contributed by atoms with Crippen LogP contribution in [-0.2, 0) is 4.74 Å². The zero-order valence-corrected chi connectivity index (χ0v) is 7.03. The van der Waals surface area contributed by atoms with E-state index >= 15 is 0 Å². The lowest BCUT2D eigenvalue weighted by Crippen LogP contribution is -2.40. The molecule has 3 heteroatoms. The van der Waals surface area contributed by atoms with E-state index in [9.17, 15) is 0 Å². The first-order valence-corrected chi connectivity index (χ1v) is 4.09. The van der Waals surface area contributed by atoms with E-state index in [1.165, 1.54) is 0 Å². The lowest BCUT2D eigenvalue weighted by molar-refractivity contribution is -0.204. The summed E-state index contributed by atoms with van der Waals surface area (Å²) in [6.45, 7) is 4.11. The Morgan fingerprint density at radius 3 is 2.64 bits per heavy atom. The molecule has 11 heavy (non-hydrogen) atoms. The van der Waals surface area contributed by atoms with E-state index < -0.39 is 6.29 Å². The van der Waals surface area contributed by atoms with Crippen molar-refractivity contribution in [2.24, 2.45) is 11.8 Å². The van der Waals surface area contributed by atoms with Crippen molar-refractivity contribution in [3.05, 3.63) is 0 Å². The molecule has 1 aliphatic rings. The Morgan fingerprint density at radius 2 is 2.09 bits per heavy atom. The quantitative estimate of drug-likeness (QED) is 0.582. The summed E-state index contributed by atoms with van der Waals surface area (Å²) in [4.78, 5) is 0. The molecule has 0 aromatic rings. The van der Waals surface area contributed by atoms with E-state index in [4.69, 9.17) is 14.9 Å². The number of aliphatic hydroxyl groups is 2. The zero-order valence-electron chi connectivity index (χ0n) is 7.03. The highest BCUT2D eigenvalue weighted by atomic mass is 16.6. The van der Waals surface area contributed by atoms with E-state index in [-0.39, 0.29) is 12.7 Å². The van der Waals surface area contributed by atoms with Crippen molar-refractivity contribution < 1.29 is 14.9 Å². The van der Waals surface area contributed by atoms with Gasteiger partial charge in [-0.05, 0) is 11.8 Å². The molecule has 1 rings (SSSR count). The van der Waals surface area contributed by atoms with E-state index in [2.05, 4.69) is 6.92 Å². The summed E-state index contributed by atoms with van der Waals surface area (Å²) in [5, 5.41) is 18.0. The third kappa shape index (κ3) is 1.92. The topological polar surface area (TPSA) is 49.7 Å². The predicted octanol–water partition coefficient (Wildman–Crippen LogP) is 0.358. The maximum Gasteiger partial charge on any atom is 0.155 e. The molecule has 0 saturated carbocycles. The van der Waals surface area contributed by atoms with Crippen LogP contribution < -0.4 is 0 Å². The van der Waals surface area contributed by atoms with Crippen molar-refractivity contribution in [1.29, 1.82) is 0 Å². The Labute approximate surface area is 67.0 Å². The standard InChI is InChI=1S/C8H16O3/c1-5-3-8(10)11-7(4-9)6(5)2/h5-10H,3-4H2,1-2H3/t5?,6-,7+,8+/m0/s1. The Bertz CT molecular complexity index is 127. The number of rotatable bonds is 1. The summed E-state index contributed by atoms with van der Waals surface area (Å²) < 4.78 is 5.12. The third-order valence-corrected chi connectivity index (χ3v) is 2.57. The molecule has 1 aliphatic heterocycles. The SMILES string of the molecule is CC1C[C@H](O)O[C@H](CO)[C@H]1C. The fourth-order valence-corrected chi connectivity index (χ4v) is 1.49. The second-order valence-corrected chi connectivity index (χ2v) is 3.38. The van der Waals surface area contributed by atoms with Crippen molar-refractivity contribution in [1.82, 2.24) is 0 Å². The Morgan fingerprint density at radius 1 is 1.45 bits per heavy atom. The molecular weight excluding hydrogens is 144 g/mol. The highest BCUT2D eigenvalue weighted by Gasteiger charge is 2.31. The Balaban J connectivity index is 2.51. The van der Waals surface area contributed by atoms with Gasteiger partial charge in [-0.25, -0.2) is 0 Å². The van der Waals surface area contributed by atoms with Gasteiger partial charge in [0, 0.05) is 6.42 Å². The molecule has 1 saturated heterocycles. The summed E-state index contributed by atoms with van der Waals surface area (Å²) in [6, 6.07) is 0. The second-order valence-electron chi connectivity index (χ2n) is 3.38. The van der Waals surface area contributed by atoms with Crippen LogP contribution in [0.3, 0.4) is 0 Å². The van der Waals surface area contributed by atoms with Gasteiger partial charge in [0.25, 0.3) is 0 Å². The van der Waals surface area contributed by atoms with E-state index in [1.807, 2.05) is 6.92 Å². The van der Waals surface area contributed by atoms with Gasteiger partial charge in [-0.1, -0.05) is 13.8 Å². The number of hydrogen-bond acceptors (Lipinski definition) is 3. The predicted molar refractivity (Wildman–Crippen MR) is 40.9 cm³/mol. The van der Waals surface area contributed by atoms with Crippen molar-refractivity contribution >= 4 is 0 Å². The first kappa shape index (κ1) is 8.97. The zero-order chi connectivity index (χ0) is 8.43. The van der Waals surface area contributed by atoms with Crippen molar-refractivity contribution in [2.75, 3.05) is 6.61 Å². The van der Waals surface area contributed by atoms with Gasteiger partial charge in [0.15, 0.2) is 6.29 Å². The van der Waals surface area contributed by atoms with Gasteiger partial charge < -0.3 is 14.9 Å². The molecule has 3 nitrogen and oxygen atoms in total. The molecule has 0 aliphatic carbocycles. The van der Waals surface area contributed by atoms with Crippen molar-refractivity contribution in [2.45, 2.75) is 32.7 Å². The van der Waals surface area contributed by atoms with Crippen LogP contribution >= 0.6 is 0 Å². The summed E-state index contributed by atoms with van der Waals surface area (Å²) in [7, 11) is 0. The van der Waals surface area contributed by atoms with E-state index in [0.29, 0.717) is 18.3 Å². The lowest BCUT2D eigenvalue weighted by Gasteiger charge is -2.35. The molecule has 0 radical (unpaired) electrons. The third-order valence-electron chi connectivity index (χ3n) is 2.57.